The van der Waals surface area contributed by atoms with Gasteiger partial charge in [0, 0.05) is 49.9 Å². The molecule has 25 nitrogen and oxygen atoms in total. The molecule has 0 saturated carbocycles. The Morgan fingerprint density at radius 2 is 1.59 bits per heavy atom. The van der Waals surface area contributed by atoms with Crippen LogP contribution in [-0.4, -0.2) is 123 Å². The number of nitrogens with zero attached hydrogens (tertiary/aromatic N) is 4. The summed E-state index contributed by atoms with van der Waals surface area (Å²) in [5.74, 6) is 1.14. The monoisotopic (exact) mass is 1060 g/mol. The van der Waals surface area contributed by atoms with E-state index in [0.29, 0.717) is 12.2 Å². The van der Waals surface area contributed by atoms with Gasteiger partial charge in [0.2, 0.25) is 11.8 Å². The highest BCUT2D eigenvalue weighted by Crippen LogP contribution is 2.61. The van der Waals surface area contributed by atoms with Crippen molar-refractivity contribution in [3.63, 3.8) is 0 Å². The largest absolute Gasteiger partial charge is 0.481 e. The maximum atomic E-state index is 12.8. The minimum Gasteiger partial charge on any atom is -0.466 e. The number of phosphoric acid groups is 3. The zero-order valence-corrected chi connectivity index (χ0v) is 42.5. The number of carbonyl (C=O) groups excluding carboxylic acids is 3. The molecule has 10 N–H and O–H groups in total. The average Bonchev–Trinajstić information content (AvgIpc) is 3.95. The van der Waals surface area contributed by atoms with Crippen molar-refractivity contribution in [1.82, 2.24) is 30.2 Å². The molecule has 4 heterocycles. The van der Waals surface area contributed by atoms with E-state index >= 15 is 0 Å². The lowest BCUT2D eigenvalue weighted by Gasteiger charge is -2.30. The Morgan fingerprint density at radius 1 is 0.928 bits per heavy atom. The zero-order chi connectivity index (χ0) is 51.0. The number of fused-ring (bicyclic) bond motifs is 1. The second-order valence-electron chi connectivity index (χ2n) is 17.2. The molecule has 0 aromatic carbocycles. The molecule has 7 atom stereocenters. The summed E-state index contributed by atoms with van der Waals surface area (Å²) in [5, 5.41) is 26.7. The van der Waals surface area contributed by atoms with Gasteiger partial charge in [0.15, 0.2) is 22.8 Å². The summed E-state index contributed by atoms with van der Waals surface area (Å²) in [5.41, 5.74) is 5.53. The first-order valence-electron chi connectivity index (χ1n) is 22.5. The number of aliphatic hydroxyl groups is 2. The third kappa shape index (κ3) is 19.4. The predicted octanol–water partition coefficient (Wildman–Crippen LogP) is 4.27. The summed E-state index contributed by atoms with van der Waals surface area (Å²) in [6.45, 7) is 4.80. The lowest BCUT2D eigenvalue weighted by molar-refractivity contribution is -0.137. The summed E-state index contributed by atoms with van der Waals surface area (Å²) >= 11 is 1.14. The number of phosphoric ester groups is 3. The van der Waals surface area contributed by atoms with Crippen LogP contribution in [0.1, 0.15) is 115 Å². The molecule has 0 spiro atoms. The molecule has 1 aliphatic rings. The molecule has 69 heavy (non-hydrogen) atoms. The quantitative estimate of drug-likeness (QED) is 0.0311. The number of aromatic nitrogens is 4. The lowest BCUT2D eigenvalue weighted by atomic mass is 9.87. The van der Waals surface area contributed by atoms with Crippen LogP contribution in [0, 0.1) is 12.3 Å². The topological polar surface area (TPSA) is 377 Å². The number of nitrogen functional groups attached to an aromatic ring is 1. The molecule has 0 radical (unpaired) electrons. The third-order valence-corrected chi connectivity index (χ3v) is 14.9. The molecular formula is C40H66N7O18P3S. The third-order valence-electron chi connectivity index (χ3n) is 10.9. The maximum Gasteiger partial charge on any atom is 0.481 e. The van der Waals surface area contributed by atoms with Crippen molar-refractivity contribution in [3.8, 4) is 0 Å². The van der Waals surface area contributed by atoms with Gasteiger partial charge in [-0.3, -0.25) is 32.5 Å². The van der Waals surface area contributed by atoms with Crippen LogP contribution in [0.25, 0.3) is 11.2 Å². The first-order valence-corrected chi connectivity index (χ1v) is 28.1. The van der Waals surface area contributed by atoms with Crippen molar-refractivity contribution in [3.05, 3.63) is 35.8 Å². The van der Waals surface area contributed by atoms with Gasteiger partial charge in [-0.1, -0.05) is 71.1 Å². The van der Waals surface area contributed by atoms with Crippen LogP contribution in [0.3, 0.4) is 0 Å². The number of rotatable bonds is 32. The van der Waals surface area contributed by atoms with E-state index < -0.39 is 84.6 Å². The number of imidazole rings is 1. The second kappa shape index (κ2) is 27.0. The van der Waals surface area contributed by atoms with E-state index in [-0.39, 0.29) is 41.6 Å². The van der Waals surface area contributed by atoms with E-state index in [1.807, 2.05) is 0 Å². The maximum absolute atomic E-state index is 12.8. The summed E-state index contributed by atoms with van der Waals surface area (Å²) in [6.07, 6.45) is 5.25. The number of aliphatic hydroxyl groups excluding tert-OH is 2. The molecule has 2 amide bonds. The Kier molecular flexibility index (Phi) is 22.9. The van der Waals surface area contributed by atoms with Gasteiger partial charge in [0.05, 0.1) is 19.5 Å². The molecule has 390 valence electrons. The number of unbranched alkanes of at least 4 members (excludes halogenated alkanes) is 7. The Morgan fingerprint density at radius 3 is 2.28 bits per heavy atom. The van der Waals surface area contributed by atoms with Gasteiger partial charge in [-0.25, -0.2) is 28.6 Å². The summed E-state index contributed by atoms with van der Waals surface area (Å²) < 4.78 is 68.4. The molecule has 3 aromatic rings. The molecule has 1 aliphatic heterocycles. The van der Waals surface area contributed by atoms with Gasteiger partial charge < -0.3 is 55.3 Å². The number of ether oxygens (including phenoxy) is 1. The number of amides is 2. The van der Waals surface area contributed by atoms with Crippen LogP contribution in [-0.2, 0) is 63.5 Å². The molecule has 3 aromatic heterocycles. The first kappa shape index (κ1) is 58.4. The van der Waals surface area contributed by atoms with Crippen LogP contribution in [0.15, 0.2) is 23.1 Å². The highest BCUT2D eigenvalue weighted by Gasteiger charge is 2.50. The Hall–Kier alpha value is -3.16. The highest BCUT2D eigenvalue weighted by atomic mass is 32.2. The van der Waals surface area contributed by atoms with Gasteiger partial charge in [-0.15, -0.1) is 0 Å². The van der Waals surface area contributed by atoms with Crippen molar-refractivity contribution in [2.24, 2.45) is 5.41 Å². The molecule has 29 heteroatoms. The standard InChI is InChI=1S/C40H66N7O18P3S/c1-5-14-27-21-26(2)28(62-27)15-12-10-8-6-7-9-11-13-16-31(49)69-20-19-42-30(48)17-18-43-38(52)35(51)40(3,4)23-61-68(58,59)65-67(56,57)60-22-29-34(64-66(53,54)55)33(50)39(63-29)47-25-46-32-36(41)44-24-45-37(32)47/h21,24-25,29,33-35,39,50-51H,5-20,22-23H2,1-4H3,(H,42,48)(H,43,52)(H,56,57)(H,58,59)(H2,41,44,45)(H2,53,54,55). The normalized spacial score (nSPS) is 19.9. The molecule has 7 unspecified atom stereocenters. The number of nitrogens with one attached hydrogen (secondary N) is 2. The number of furan rings is 1. The minimum absolute atomic E-state index is 0.0316. The number of thioether (sulfide) groups is 1. The minimum atomic E-state index is -5.58. The molecular weight excluding hydrogens is 991 g/mol. The average molecular weight is 1060 g/mol. The fraction of sp³-hybridized carbons (Fsp3) is 0.700. The highest BCUT2D eigenvalue weighted by molar-refractivity contribution is 8.13. The Labute approximate surface area is 403 Å². The molecule has 1 saturated heterocycles. The van der Waals surface area contributed by atoms with Crippen LogP contribution < -0.4 is 16.4 Å². The van der Waals surface area contributed by atoms with Crippen molar-refractivity contribution >= 4 is 69.1 Å². The van der Waals surface area contributed by atoms with Crippen molar-refractivity contribution in [2.75, 3.05) is 37.8 Å². The number of carbonyl (C=O) groups is 3. The predicted molar refractivity (Wildman–Crippen MR) is 250 cm³/mol. The van der Waals surface area contributed by atoms with Crippen molar-refractivity contribution < 1.29 is 84.9 Å². The zero-order valence-electron chi connectivity index (χ0n) is 39.0. The fourth-order valence-corrected chi connectivity index (χ4v) is 10.7. The van der Waals surface area contributed by atoms with Gasteiger partial charge in [0.1, 0.15) is 47.8 Å². The molecule has 0 bridgehead atoms. The number of nitrogens with two attached hydrogens (primary N) is 1. The van der Waals surface area contributed by atoms with E-state index in [0.717, 1.165) is 91.9 Å². The van der Waals surface area contributed by atoms with Gasteiger partial charge in [-0.2, -0.15) is 4.31 Å². The van der Waals surface area contributed by atoms with E-state index in [1.165, 1.54) is 38.7 Å². The number of anilines is 1. The van der Waals surface area contributed by atoms with Crippen LogP contribution in [0.5, 0.6) is 0 Å². The number of aryl methyl sites for hydroxylation is 3. The molecule has 1 fully saturated rings. The van der Waals surface area contributed by atoms with Crippen molar-refractivity contribution in [2.45, 2.75) is 142 Å². The molecule has 0 aliphatic carbocycles. The van der Waals surface area contributed by atoms with Gasteiger partial charge in [0.25, 0.3) is 0 Å². The van der Waals surface area contributed by atoms with E-state index in [1.54, 1.807) is 0 Å². The van der Waals surface area contributed by atoms with Gasteiger partial charge in [-0.05, 0) is 37.8 Å². The lowest BCUT2D eigenvalue weighted by Crippen LogP contribution is -2.46. The first-order chi connectivity index (χ1) is 32.4. The van der Waals surface area contributed by atoms with Crippen LogP contribution >= 0.6 is 35.2 Å². The fourth-order valence-electron chi connectivity index (χ4n) is 7.19. The Bertz CT molecular complexity index is 2300. The second-order valence-corrected chi connectivity index (χ2v) is 22.6. The SMILES string of the molecule is CCCc1cc(C)c(CCCCCCCCCCC(=O)SCCNC(=O)CCNC(=O)C(O)C(C)(C)COP(=O)(O)OP(=O)(O)OCC2OC(n3cnc4c(N)ncnc43)C(O)C2OP(=O)(O)O)o1. The molecule has 4 rings (SSSR count). The van der Waals surface area contributed by atoms with E-state index in [9.17, 15) is 57.9 Å². The van der Waals surface area contributed by atoms with E-state index in [2.05, 4.69) is 54.3 Å². The summed E-state index contributed by atoms with van der Waals surface area (Å²) in [4.78, 5) is 88.5. The van der Waals surface area contributed by atoms with E-state index in [4.69, 9.17) is 23.9 Å². The van der Waals surface area contributed by atoms with Crippen LogP contribution in [0.4, 0.5) is 5.82 Å². The van der Waals surface area contributed by atoms with Crippen molar-refractivity contribution in [1.29, 1.82) is 0 Å². The Balaban J connectivity index is 1.07. The number of hydrogen-bond acceptors (Lipinski definition) is 19. The van der Waals surface area contributed by atoms with Crippen LogP contribution in [0.2, 0.25) is 0 Å². The number of hydrogen-bond donors (Lipinski definition) is 9. The smallest absolute Gasteiger partial charge is 0.466 e. The summed E-state index contributed by atoms with van der Waals surface area (Å²) in [6, 6.07) is 2.15. The summed E-state index contributed by atoms with van der Waals surface area (Å²) in [7, 11) is -16.4. The van der Waals surface area contributed by atoms with Gasteiger partial charge >= 0.3 is 23.5 Å².